The minimum absolute atomic E-state index is 0.0664. The van der Waals surface area contributed by atoms with Crippen molar-refractivity contribution in [3.8, 4) is 0 Å². The van der Waals surface area contributed by atoms with Crippen molar-refractivity contribution in [1.82, 2.24) is 5.48 Å². The number of hydrogen-bond acceptors (Lipinski definition) is 4. The summed E-state index contributed by atoms with van der Waals surface area (Å²) < 4.78 is 25.2. The van der Waals surface area contributed by atoms with E-state index >= 15 is 0 Å². The van der Waals surface area contributed by atoms with E-state index in [1.807, 2.05) is 30.3 Å². The van der Waals surface area contributed by atoms with E-state index in [-0.39, 0.29) is 11.3 Å². The van der Waals surface area contributed by atoms with E-state index in [2.05, 4.69) is 0 Å². The molecule has 116 valence electrons. The number of carbonyl (C=O) groups excluding carboxylic acids is 1. The molecule has 0 fully saturated rings. The van der Waals surface area contributed by atoms with Gasteiger partial charge in [0.05, 0.1) is 4.90 Å². The van der Waals surface area contributed by atoms with E-state index in [4.69, 9.17) is 5.21 Å². The lowest BCUT2D eigenvalue weighted by atomic mass is 10.1. The maximum absolute atomic E-state index is 12.6. The summed E-state index contributed by atoms with van der Waals surface area (Å²) in [6.07, 6.45) is 0.513. The lowest BCUT2D eigenvalue weighted by Crippen LogP contribution is -2.38. The van der Waals surface area contributed by atoms with E-state index in [0.29, 0.717) is 6.42 Å². The molecule has 0 heterocycles. The van der Waals surface area contributed by atoms with Crippen LogP contribution in [0.15, 0.2) is 65.6 Å². The second kappa shape index (κ2) is 7.20. The number of rotatable bonds is 6. The highest BCUT2D eigenvalue weighted by Crippen LogP contribution is 2.20. The summed E-state index contributed by atoms with van der Waals surface area (Å²) in [7, 11) is -3.85. The van der Waals surface area contributed by atoms with Crippen LogP contribution < -0.4 is 5.48 Å². The van der Waals surface area contributed by atoms with Gasteiger partial charge >= 0.3 is 0 Å². The summed E-state index contributed by atoms with van der Waals surface area (Å²) in [6, 6.07) is 17.1. The Labute approximate surface area is 129 Å². The van der Waals surface area contributed by atoms with Gasteiger partial charge in [0.15, 0.2) is 9.84 Å². The third-order valence-corrected chi connectivity index (χ3v) is 5.52. The molecule has 2 aromatic carbocycles. The zero-order valence-corrected chi connectivity index (χ0v) is 12.7. The van der Waals surface area contributed by atoms with Crippen LogP contribution in [0.2, 0.25) is 0 Å². The second-order valence-electron chi connectivity index (χ2n) is 4.85. The van der Waals surface area contributed by atoms with Gasteiger partial charge in [0, 0.05) is 0 Å². The summed E-state index contributed by atoms with van der Waals surface area (Å²) in [5.41, 5.74) is 2.39. The highest BCUT2D eigenvalue weighted by molar-refractivity contribution is 7.92. The molecule has 0 bridgehead atoms. The van der Waals surface area contributed by atoms with Gasteiger partial charge in [-0.2, -0.15) is 0 Å². The number of nitrogens with one attached hydrogen (secondary N) is 1. The normalized spacial score (nSPS) is 12.6. The lowest BCUT2D eigenvalue weighted by Gasteiger charge is -2.16. The van der Waals surface area contributed by atoms with Gasteiger partial charge in [-0.1, -0.05) is 48.5 Å². The van der Waals surface area contributed by atoms with Crippen molar-refractivity contribution in [2.45, 2.75) is 23.0 Å². The fourth-order valence-corrected chi connectivity index (χ4v) is 3.84. The molecule has 0 saturated carbocycles. The van der Waals surface area contributed by atoms with Crippen LogP contribution in [0.3, 0.4) is 0 Å². The lowest BCUT2D eigenvalue weighted by molar-refractivity contribution is -0.128. The zero-order valence-electron chi connectivity index (χ0n) is 11.8. The minimum atomic E-state index is -3.85. The van der Waals surface area contributed by atoms with Crippen LogP contribution in [0.25, 0.3) is 0 Å². The molecule has 0 aliphatic heterocycles. The van der Waals surface area contributed by atoms with Crippen molar-refractivity contribution in [1.29, 1.82) is 0 Å². The fourth-order valence-electron chi connectivity index (χ4n) is 2.22. The summed E-state index contributed by atoms with van der Waals surface area (Å²) in [4.78, 5) is 11.9. The SMILES string of the molecule is O=C(NO)C(CCc1ccccc1)S(=O)(=O)c1ccccc1. The highest BCUT2D eigenvalue weighted by Gasteiger charge is 2.33. The van der Waals surface area contributed by atoms with Crippen LogP contribution in [-0.2, 0) is 21.1 Å². The van der Waals surface area contributed by atoms with Crippen LogP contribution in [0.1, 0.15) is 12.0 Å². The molecule has 1 amide bonds. The third-order valence-electron chi connectivity index (χ3n) is 3.39. The molecule has 1 atom stereocenters. The molecule has 0 spiro atoms. The Hall–Kier alpha value is -2.18. The summed E-state index contributed by atoms with van der Waals surface area (Å²) in [5, 5.41) is 7.52. The number of aryl methyl sites for hydroxylation is 1. The van der Waals surface area contributed by atoms with Gasteiger partial charge in [-0.15, -0.1) is 0 Å². The van der Waals surface area contributed by atoms with Gasteiger partial charge in [0.1, 0.15) is 5.25 Å². The molecule has 0 saturated heterocycles. The number of carbonyl (C=O) groups is 1. The Balaban J connectivity index is 2.25. The fraction of sp³-hybridized carbons (Fsp3) is 0.188. The Kier molecular flexibility index (Phi) is 5.30. The molecular formula is C16H17NO4S. The molecule has 0 aliphatic rings. The van der Waals surface area contributed by atoms with E-state index in [1.165, 1.54) is 17.6 Å². The van der Waals surface area contributed by atoms with E-state index < -0.39 is 21.0 Å². The second-order valence-corrected chi connectivity index (χ2v) is 6.98. The largest absolute Gasteiger partial charge is 0.289 e. The van der Waals surface area contributed by atoms with Gasteiger partial charge in [-0.3, -0.25) is 10.0 Å². The molecule has 0 aromatic heterocycles. The van der Waals surface area contributed by atoms with Crippen LogP contribution in [-0.4, -0.2) is 24.8 Å². The number of amides is 1. The molecule has 5 nitrogen and oxygen atoms in total. The maximum Gasteiger partial charge on any atom is 0.262 e. The zero-order chi connectivity index (χ0) is 16.0. The van der Waals surface area contributed by atoms with E-state index in [0.717, 1.165) is 5.56 Å². The first kappa shape index (κ1) is 16.2. The Morgan fingerprint density at radius 2 is 1.55 bits per heavy atom. The Morgan fingerprint density at radius 1 is 1.00 bits per heavy atom. The van der Waals surface area contributed by atoms with E-state index in [1.54, 1.807) is 18.2 Å². The number of benzene rings is 2. The monoisotopic (exact) mass is 319 g/mol. The van der Waals surface area contributed by atoms with Gasteiger partial charge in [-0.05, 0) is 30.5 Å². The van der Waals surface area contributed by atoms with Gasteiger partial charge in [0.25, 0.3) is 5.91 Å². The maximum atomic E-state index is 12.6. The summed E-state index contributed by atoms with van der Waals surface area (Å²) in [5.74, 6) is -0.917. The number of sulfone groups is 1. The van der Waals surface area contributed by atoms with Crippen molar-refractivity contribution in [2.24, 2.45) is 0 Å². The number of hydroxylamine groups is 1. The molecule has 0 aliphatic carbocycles. The van der Waals surface area contributed by atoms with Crippen LogP contribution in [0.5, 0.6) is 0 Å². The van der Waals surface area contributed by atoms with Gasteiger partial charge < -0.3 is 0 Å². The molecule has 1 unspecified atom stereocenters. The quantitative estimate of drug-likeness (QED) is 0.630. The standard InChI is InChI=1S/C16H17NO4S/c18-16(17-19)15(12-11-13-7-3-1-4-8-13)22(20,21)14-9-5-2-6-10-14/h1-10,15,19H,11-12H2,(H,17,18). The molecule has 0 radical (unpaired) electrons. The molecule has 22 heavy (non-hydrogen) atoms. The van der Waals surface area contributed by atoms with Crippen LogP contribution >= 0.6 is 0 Å². The Bertz CT molecular complexity index is 714. The van der Waals surface area contributed by atoms with Crippen molar-refractivity contribution in [3.63, 3.8) is 0 Å². The van der Waals surface area contributed by atoms with E-state index in [9.17, 15) is 13.2 Å². The van der Waals surface area contributed by atoms with Crippen LogP contribution in [0, 0.1) is 0 Å². The Morgan fingerprint density at radius 3 is 2.09 bits per heavy atom. The first-order valence-corrected chi connectivity index (χ1v) is 8.37. The average Bonchev–Trinajstić information content (AvgIpc) is 2.56. The molecule has 2 rings (SSSR count). The smallest absolute Gasteiger partial charge is 0.262 e. The molecule has 2 N–H and O–H groups in total. The predicted octanol–water partition coefficient (Wildman–Crippen LogP) is 1.97. The minimum Gasteiger partial charge on any atom is -0.289 e. The van der Waals surface area contributed by atoms with Crippen molar-refractivity contribution < 1.29 is 18.4 Å². The summed E-state index contributed by atoms with van der Waals surface area (Å²) in [6.45, 7) is 0. The third kappa shape index (κ3) is 3.72. The molecule has 2 aromatic rings. The van der Waals surface area contributed by atoms with Crippen LogP contribution in [0.4, 0.5) is 0 Å². The van der Waals surface area contributed by atoms with Gasteiger partial charge in [-0.25, -0.2) is 13.9 Å². The highest BCUT2D eigenvalue weighted by atomic mass is 32.2. The average molecular weight is 319 g/mol. The molecular weight excluding hydrogens is 302 g/mol. The van der Waals surface area contributed by atoms with Crippen molar-refractivity contribution in [3.05, 3.63) is 66.2 Å². The van der Waals surface area contributed by atoms with Crippen molar-refractivity contribution >= 4 is 15.7 Å². The first-order valence-electron chi connectivity index (χ1n) is 6.82. The summed E-state index contributed by atoms with van der Waals surface area (Å²) >= 11 is 0. The number of hydrogen-bond donors (Lipinski definition) is 2. The van der Waals surface area contributed by atoms with Crippen molar-refractivity contribution in [2.75, 3.05) is 0 Å². The topological polar surface area (TPSA) is 83.5 Å². The first-order chi connectivity index (χ1) is 10.6. The van der Waals surface area contributed by atoms with Gasteiger partial charge in [0.2, 0.25) is 0 Å². The predicted molar refractivity (Wildman–Crippen MR) is 82.1 cm³/mol. The molecule has 6 heteroatoms.